The molecule has 4 heterocycles. The maximum absolute atomic E-state index is 13.7. The lowest BCUT2D eigenvalue weighted by molar-refractivity contribution is 0.0690. The van der Waals surface area contributed by atoms with Crippen LogP contribution in [0.25, 0.3) is 15.3 Å². The van der Waals surface area contributed by atoms with Crippen molar-refractivity contribution >= 4 is 39.3 Å². The first-order chi connectivity index (χ1) is 16.0. The second kappa shape index (κ2) is 7.81. The first-order valence-corrected chi connectivity index (χ1v) is 12.9. The number of nitrogens with one attached hydrogen (secondary N) is 1. The molecule has 4 aromatic rings. The van der Waals surface area contributed by atoms with Gasteiger partial charge in [0.1, 0.15) is 10.5 Å². The Morgan fingerprint density at radius 3 is 2.94 bits per heavy atom. The smallest absolute Gasteiger partial charge is 0.274 e. The van der Waals surface area contributed by atoms with Crippen LogP contribution in [-0.4, -0.2) is 45.2 Å². The SMILES string of the molecule is Cc1cccc(-c2sc(C)nc2C(=O)N2C[C@@H]3C[C@@H]3[C@H]2CNC(=O)c2ccn3ccsc23)c1. The predicted molar refractivity (Wildman–Crippen MR) is 131 cm³/mol. The summed E-state index contributed by atoms with van der Waals surface area (Å²) in [5.41, 5.74) is 3.41. The second-order valence-electron chi connectivity index (χ2n) is 9.02. The maximum atomic E-state index is 13.7. The van der Waals surface area contributed by atoms with Crippen molar-refractivity contribution in [3.05, 3.63) is 69.9 Å². The van der Waals surface area contributed by atoms with E-state index in [-0.39, 0.29) is 17.9 Å². The van der Waals surface area contributed by atoms with Crippen LogP contribution in [0.2, 0.25) is 0 Å². The molecule has 1 saturated carbocycles. The minimum atomic E-state index is -0.0820. The molecule has 168 valence electrons. The van der Waals surface area contributed by atoms with Gasteiger partial charge in [-0.05, 0) is 43.7 Å². The van der Waals surface area contributed by atoms with E-state index >= 15 is 0 Å². The highest BCUT2D eigenvalue weighted by Gasteiger charge is 2.54. The summed E-state index contributed by atoms with van der Waals surface area (Å²) in [5, 5.41) is 5.96. The fourth-order valence-electron chi connectivity index (χ4n) is 5.06. The van der Waals surface area contributed by atoms with Crippen molar-refractivity contribution in [1.29, 1.82) is 0 Å². The lowest BCUT2D eigenvalue weighted by Crippen LogP contribution is -2.45. The van der Waals surface area contributed by atoms with E-state index in [0.717, 1.165) is 38.8 Å². The van der Waals surface area contributed by atoms with Gasteiger partial charge < -0.3 is 14.6 Å². The van der Waals surface area contributed by atoms with Crippen LogP contribution < -0.4 is 5.32 Å². The third-order valence-corrected chi connectivity index (χ3v) is 8.70. The molecule has 0 bridgehead atoms. The van der Waals surface area contributed by atoms with Gasteiger partial charge in [0.25, 0.3) is 11.8 Å². The average Bonchev–Trinajstić information content (AvgIpc) is 3.19. The number of aryl methyl sites for hydroxylation is 2. The average molecular weight is 477 g/mol. The topological polar surface area (TPSA) is 66.7 Å². The molecule has 0 spiro atoms. The van der Waals surface area contributed by atoms with Crippen LogP contribution >= 0.6 is 22.7 Å². The molecule has 0 unspecified atom stereocenters. The minimum Gasteiger partial charge on any atom is -0.350 e. The molecule has 33 heavy (non-hydrogen) atoms. The van der Waals surface area contributed by atoms with Gasteiger partial charge in [-0.25, -0.2) is 4.98 Å². The Hall–Kier alpha value is -2.97. The molecule has 6 rings (SSSR count). The molecule has 2 aliphatic rings. The molecular formula is C25H24N4O2S2. The third kappa shape index (κ3) is 3.57. The van der Waals surface area contributed by atoms with E-state index < -0.39 is 0 Å². The quantitative estimate of drug-likeness (QED) is 0.457. The Bertz CT molecular complexity index is 1380. The monoisotopic (exact) mass is 476 g/mol. The number of piperidine rings is 1. The van der Waals surface area contributed by atoms with Crippen LogP contribution in [0.5, 0.6) is 0 Å². The summed E-state index contributed by atoms with van der Waals surface area (Å²) < 4.78 is 1.96. The zero-order valence-corrected chi connectivity index (χ0v) is 20.1. The van der Waals surface area contributed by atoms with Crippen molar-refractivity contribution in [3.8, 4) is 10.4 Å². The summed E-state index contributed by atoms with van der Waals surface area (Å²) in [5.74, 6) is 0.900. The van der Waals surface area contributed by atoms with Gasteiger partial charge in [-0.1, -0.05) is 29.8 Å². The number of aromatic nitrogens is 2. The van der Waals surface area contributed by atoms with Gasteiger partial charge in [0.15, 0.2) is 0 Å². The number of carbonyl (C=O) groups excluding carboxylic acids is 2. The van der Waals surface area contributed by atoms with Crippen molar-refractivity contribution < 1.29 is 9.59 Å². The standard InChI is InChI=1S/C25H24N4O2S2/c1-14-4-3-5-16(10-14)22-21(27-15(2)33-22)24(31)29-13-17-11-19(17)20(29)12-26-23(30)18-6-7-28-8-9-32-25(18)28/h3-10,17,19-20H,11-13H2,1-2H3,(H,26,30)/t17-,19-,20+/m0/s1. The number of hydrogen-bond acceptors (Lipinski definition) is 5. The van der Waals surface area contributed by atoms with Crippen LogP contribution in [0.15, 0.2) is 48.1 Å². The predicted octanol–water partition coefficient (Wildman–Crippen LogP) is 4.63. The van der Waals surface area contributed by atoms with Crippen molar-refractivity contribution in [3.63, 3.8) is 0 Å². The lowest BCUT2D eigenvalue weighted by Gasteiger charge is -2.27. The number of carbonyl (C=O) groups is 2. The van der Waals surface area contributed by atoms with Crippen molar-refractivity contribution in [2.45, 2.75) is 26.3 Å². The zero-order chi connectivity index (χ0) is 22.7. The fraction of sp³-hybridized carbons (Fsp3) is 0.320. The summed E-state index contributed by atoms with van der Waals surface area (Å²) in [6.45, 7) is 5.22. The van der Waals surface area contributed by atoms with E-state index in [1.165, 1.54) is 0 Å². The zero-order valence-electron chi connectivity index (χ0n) is 18.4. The number of rotatable bonds is 5. The van der Waals surface area contributed by atoms with Crippen molar-refractivity contribution in [2.75, 3.05) is 13.1 Å². The Balaban J connectivity index is 1.23. The first-order valence-electron chi connectivity index (χ1n) is 11.2. The second-order valence-corrected chi connectivity index (χ2v) is 11.1. The van der Waals surface area contributed by atoms with Gasteiger partial charge in [-0.3, -0.25) is 9.59 Å². The molecule has 0 radical (unpaired) electrons. The molecule has 1 aromatic carbocycles. The third-order valence-electron chi connectivity index (χ3n) is 6.77. The number of nitrogens with zero attached hydrogens (tertiary/aromatic N) is 3. The highest BCUT2D eigenvalue weighted by molar-refractivity contribution is 7.16. The summed E-state index contributed by atoms with van der Waals surface area (Å²) in [6, 6.07) is 10.1. The van der Waals surface area contributed by atoms with E-state index in [0.29, 0.717) is 29.6 Å². The lowest BCUT2D eigenvalue weighted by atomic mass is 10.1. The van der Waals surface area contributed by atoms with E-state index in [9.17, 15) is 9.59 Å². The van der Waals surface area contributed by atoms with Crippen molar-refractivity contribution in [1.82, 2.24) is 19.6 Å². The van der Waals surface area contributed by atoms with Gasteiger partial charge in [-0.2, -0.15) is 0 Å². The Morgan fingerprint density at radius 1 is 1.21 bits per heavy atom. The van der Waals surface area contributed by atoms with E-state index in [1.54, 1.807) is 22.7 Å². The molecule has 1 aliphatic carbocycles. The maximum Gasteiger partial charge on any atom is 0.274 e. The Kier molecular flexibility index (Phi) is 4.88. The van der Waals surface area contributed by atoms with Crippen LogP contribution in [0.1, 0.15) is 37.8 Å². The highest BCUT2D eigenvalue weighted by atomic mass is 32.1. The summed E-state index contributed by atoms with van der Waals surface area (Å²) >= 11 is 3.12. The Labute approximate surface area is 199 Å². The number of amides is 2. The largest absolute Gasteiger partial charge is 0.350 e. The van der Waals surface area contributed by atoms with Crippen LogP contribution in [-0.2, 0) is 0 Å². The summed E-state index contributed by atoms with van der Waals surface area (Å²) in [7, 11) is 0. The molecule has 2 amide bonds. The summed E-state index contributed by atoms with van der Waals surface area (Å²) in [6.07, 6.45) is 4.98. The molecule has 1 N–H and O–H groups in total. The highest BCUT2D eigenvalue weighted by Crippen LogP contribution is 2.50. The minimum absolute atomic E-state index is 0.0141. The first kappa shape index (κ1) is 20.6. The molecular weight excluding hydrogens is 452 g/mol. The molecule has 1 aliphatic heterocycles. The summed E-state index contributed by atoms with van der Waals surface area (Å²) in [4.78, 5) is 35.0. The van der Waals surface area contributed by atoms with Gasteiger partial charge in [0.05, 0.1) is 21.5 Å². The van der Waals surface area contributed by atoms with Crippen LogP contribution in [0.4, 0.5) is 0 Å². The van der Waals surface area contributed by atoms with Gasteiger partial charge in [0, 0.05) is 30.9 Å². The molecule has 1 saturated heterocycles. The molecule has 8 heteroatoms. The molecule has 2 fully saturated rings. The van der Waals surface area contributed by atoms with Gasteiger partial charge in [0.2, 0.25) is 0 Å². The number of benzene rings is 1. The Morgan fingerprint density at radius 2 is 2.09 bits per heavy atom. The van der Waals surface area contributed by atoms with Crippen molar-refractivity contribution in [2.24, 2.45) is 11.8 Å². The van der Waals surface area contributed by atoms with E-state index in [1.807, 2.05) is 52.2 Å². The van der Waals surface area contributed by atoms with Crippen LogP contribution in [0, 0.1) is 25.7 Å². The van der Waals surface area contributed by atoms with E-state index in [2.05, 4.69) is 29.4 Å². The van der Waals surface area contributed by atoms with Gasteiger partial charge >= 0.3 is 0 Å². The number of hydrogen-bond donors (Lipinski definition) is 1. The number of thiazole rings is 2. The molecule has 6 nitrogen and oxygen atoms in total. The van der Waals surface area contributed by atoms with Gasteiger partial charge in [-0.15, -0.1) is 22.7 Å². The number of fused-ring (bicyclic) bond motifs is 2. The molecule has 3 aromatic heterocycles. The normalized spacial score (nSPS) is 21.4. The van der Waals surface area contributed by atoms with E-state index in [4.69, 9.17) is 0 Å². The molecule has 3 atom stereocenters. The fourth-order valence-corrected chi connectivity index (χ4v) is 6.82. The number of likely N-dealkylation sites (tertiary alicyclic amines) is 1. The van der Waals surface area contributed by atoms with Crippen LogP contribution in [0.3, 0.4) is 0 Å².